The third-order valence-electron chi connectivity index (χ3n) is 1.82. The van der Waals surface area contributed by atoms with E-state index in [-0.39, 0.29) is 37.3 Å². The second kappa shape index (κ2) is 9.18. The van der Waals surface area contributed by atoms with Crippen LogP contribution in [0.2, 0.25) is 0 Å². The van der Waals surface area contributed by atoms with Crippen LogP contribution >= 0.6 is 24.8 Å². The fourth-order valence-electron chi connectivity index (χ4n) is 1.09. The molecule has 1 heterocycles. The van der Waals surface area contributed by atoms with Gasteiger partial charge in [-0.3, -0.25) is 4.79 Å². The maximum absolute atomic E-state index is 11.5. The molecule has 0 fully saturated rings. The number of carbonyl (C=O) groups is 1. The number of anilines is 1. The summed E-state index contributed by atoms with van der Waals surface area (Å²) in [4.78, 5) is 15.6. The van der Waals surface area contributed by atoms with Crippen LogP contribution in [-0.2, 0) is 9.53 Å². The van der Waals surface area contributed by atoms with Crippen LogP contribution in [0.4, 0.5) is 5.82 Å². The summed E-state index contributed by atoms with van der Waals surface area (Å²) in [6.45, 7) is 2.04. The molecule has 1 aromatic heterocycles. The van der Waals surface area contributed by atoms with Crippen molar-refractivity contribution in [1.82, 2.24) is 4.98 Å². The van der Waals surface area contributed by atoms with Crippen molar-refractivity contribution < 1.29 is 9.53 Å². The molecule has 98 valence electrons. The highest BCUT2D eigenvalue weighted by molar-refractivity contribution is 5.93. The molecule has 0 spiro atoms. The second-order valence-corrected chi connectivity index (χ2v) is 3.22. The lowest BCUT2D eigenvalue weighted by Gasteiger charge is -2.10. The molecule has 7 heteroatoms. The highest BCUT2D eigenvalue weighted by Crippen LogP contribution is 2.03. The first-order valence-electron chi connectivity index (χ1n) is 4.62. The van der Waals surface area contributed by atoms with E-state index in [4.69, 9.17) is 10.5 Å². The van der Waals surface area contributed by atoms with Gasteiger partial charge in [0.25, 0.3) is 0 Å². The maximum Gasteiger partial charge on any atom is 0.244 e. The largest absolute Gasteiger partial charge is 0.383 e. The Morgan fingerprint density at radius 1 is 1.53 bits per heavy atom. The third-order valence-corrected chi connectivity index (χ3v) is 1.82. The second-order valence-electron chi connectivity index (χ2n) is 3.22. The van der Waals surface area contributed by atoms with Gasteiger partial charge >= 0.3 is 0 Å². The standard InChI is InChI=1S/C10H15N3O2.2ClH/c1-7-4-3-5-9(12-7)13-10(14)8(11)6-15-2;;/h3-5,8H,6,11H2,1-2H3,(H,12,13,14);2*1H. The molecule has 0 radical (unpaired) electrons. The predicted molar refractivity (Wildman–Crippen MR) is 72.0 cm³/mol. The summed E-state index contributed by atoms with van der Waals surface area (Å²) < 4.78 is 4.78. The predicted octanol–water partition coefficient (Wildman–Crippen LogP) is 1.15. The van der Waals surface area contributed by atoms with Crippen LogP contribution in [0.25, 0.3) is 0 Å². The van der Waals surface area contributed by atoms with E-state index in [0.29, 0.717) is 5.82 Å². The normalized spacial score (nSPS) is 10.8. The van der Waals surface area contributed by atoms with Gasteiger partial charge in [-0.05, 0) is 19.1 Å². The first-order valence-corrected chi connectivity index (χ1v) is 4.62. The summed E-state index contributed by atoms with van der Waals surface area (Å²) in [6, 6.07) is 4.71. The van der Waals surface area contributed by atoms with Gasteiger partial charge in [0.1, 0.15) is 11.9 Å². The molecule has 1 atom stereocenters. The quantitative estimate of drug-likeness (QED) is 0.868. The van der Waals surface area contributed by atoms with Gasteiger partial charge in [0.05, 0.1) is 6.61 Å². The van der Waals surface area contributed by atoms with E-state index < -0.39 is 6.04 Å². The zero-order valence-electron chi connectivity index (χ0n) is 9.67. The van der Waals surface area contributed by atoms with Gasteiger partial charge in [-0.1, -0.05) is 6.07 Å². The molecule has 0 aliphatic heterocycles. The number of nitrogens with two attached hydrogens (primary N) is 1. The van der Waals surface area contributed by atoms with E-state index >= 15 is 0 Å². The summed E-state index contributed by atoms with van der Waals surface area (Å²) in [7, 11) is 1.50. The number of pyridine rings is 1. The molecule has 1 aromatic rings. The molecule has 1 rings (SSSR count). The lowest BCUT2D eigenvalue weighted by Crippen LogP contribution is -2.39. The zero-order valence-corrected chi connectivity index (χ0v) is 11.3. The Labute approximate surface area is 113 Å². The number of rotatable bonds is 4. The molecule has 0 aliphatic rings. The molecular weight excluding hydrogens is 265 g/mol. The summed E-state index contributed by atoms with van der Waals surface area (Å²) >= 11 is 0. The van der Waals surface area contributed by atoms with Gasteiger partial charge in [-0.15, -0.1) is 24.8 Å². The van der Waals surface area contributed by atoms with Gasteiger partial charge in [0.15, 0.2) is 0 Å². The van der Waals surface area contributed by atoms with Crippen LogP contribution in [0.3, 0.4) is 0 Å². The molecule has 0 bridgehead atoms. The van der Waals surface area contributed by atoms with Crippen LogP contribution in [0.1, 0.15) is 5.69 Å². The summed E-state index contributed by atoms with van der Waals surface area (Å²) in [5, 5.41) is 2.61. The number of ether oxygens (including phenoxy) is 1. The number of amides is 1. The summed E-state index contributed by atoms with van der Waals surface area (Å²) in [5.41, 5.74) is 6.39. The van der Waals surface area contributed by atoms with Crippen molar-refractivity contribution in [1.29, 1.82) is 0 Å². The molecule has 0 aromatic carbocycles. The number of aryl methyl sites for hydroxylation is 1. The smallest absolute Gasteiger partial charge is 0.244 e. The Balaban J connectivity index is 0. The van der Waals surface area contributed by atoms with Crippen molar-refractivity contribution in [2.75, 3.05) is 19.0 Å². The Kier molecular flexibility index (Phi) is 9.98. The van der Waals surface area contributed by atoms with Gasteiger partial charge in [-0.25, -0.2) is 4.98 Å². The molecule has 1 unspecified atom stereocenters. The highest BCUT2D eigenvalue weighted by Gasteiger charge is 2.13. The van der Waals surface area contributed by atoms with Crippen LogP contribution in [0, 0.1) is 6.92 Å². The Bertz CT molecular complexity index is 350. The van der Waals surface area contributed by atoms with Crippen LogP contribution < -0.4 is 11.1 Å². The van der Waals surface area contributed by atoms with Gasteiger partial charge < -0.3 is 15.8 Å². The van der Waals surface area contributed by atoms with Gasteiger partial charge in [0, 0.05) is 12.8 Å². The molecule has 0 saturated carbocycles. The maximum atomic E-state index is 11.5. The first-order chi connectivity index (χ1) is 7.13. The number of hydrogen-bond acceptors (Lipinski definition) is 4. The van der Waals surface area contributed by atoms with Gasteiger partial charge in [-0.2, -0.15) is 0 Å². The minimum atomic E-state index is -0.669. The van der Waals surface area contributed by atoms with E-state index in [1.807, 2.05) is 19.1 Å². The average Bonchev–Trinajstić information content (AvgIpc) is 2.18. The van der Waals surface area contributed by atoms with E-state index in [1.54, 1.807) is 6.07 Å². The van der Waals surface area contributed by atoms with E-state index in [2.05, 4.69) is 10.3 Å². The summed E-state index contributed by atoms with van der Waals surface area (Å²) in [5.74, 6) is 0.210. The number of nitrogens with zero attached hydrogens (tertiary/aromatic N) is 1. The van der Waals surface area contributed by atoms with Crippen molar-refractivity contribution in [3.8, 4) is 0 Å². The topological polar surface area (TPSA) is 77.2 Å². The lowest BCUT2D eigenvalue weighted by atomic mass is 10.3. The number of halogens is 2. The molecule has 17 heavy (non-hydrogen) atoms. The number of nitrogens with one attached hydrogen (secondary N) is 1. The van der Waals surface area contributed by atoms with E-state index in [1.165, 1.54) is 7.11 Å². The monoisotopic (exact) mass is 281 g/mol. The SMILES string of the molecule is COCC(N)C(=O)Nc1cccc(C)n1.Cl.Cl. The highest BCUT2D eigenvalue weighted by atomic mass is 35.5. The third kappa shape index (κ3) is 6.43. The van der Waals surface area contributed by atoms with Crippen LogP contribution in [-0.4, -0.2) is 30.6 Å². The zero-order chi connectivity index (χ0) is 11.3. The molecule has 1 amide bonds. The Morgan fingerprint density at radius 2 is 2.18 bits per heavy atom. The van der Waals surface area contributed by atoms with Crippen molar-refractivity contribution in [3.05, 3.63) is 23.9 Å². The number of hydrogen-bond donors (Lipinski definition) is 2. The van der Waals surface area contributed by atoms with Crippen molar-refractivity contribution in [2.24, 2.45) is 5.73 Å². The van der Waals surface area contributed by atoms with Gasteiger partial charge in [0.2, 0.25) is 5.91 Å². The fraction of sp³-hybridized carbons (Fsp3) is 0.400. The molecular formula is C10H17Cl2N3O2. The van der Waals surface area contributed by atoms with E-state index in [9.17, 15) is 4.79 Å². The minimum Gasteiger partial charge on any atom is -0.383 e. The van der Waals surface area contributed by atoms with Crippen LogP contribution in [0.15, 0.2) is 18.2 Å². The Morgan fingerprint density at radius 3 is 2.71 bits per heavy atom. The fourth-order valence-corrected chi connectivity index (χ4v) is 1.09. The number of carbonyl (C=O) groups excluding carboxylic acids is 1. The lowest BCUT2D eigenvalue weighted by molar-refractivity contribution is -0.118. The van der Waals surface area contributed by atoms with Crippen molar-refractivity contribution >= 4 is 36.5 Å². The number of methoxy groups -OCH3 is 1. The Hall–Kier alpha value is -0.880. The van der Waals surface area contributed by atoms with Crippen molar-refractivity contribution in [2.45, 2.75) is 13.0 Å². The van der Waals surface area contributed by atoms with E-state index in [0.717, 1.165) is 5.69 Å². The molecule has 5 nitrogen and oxygen atoms in total. The minimum absolute atomic E-state index is 0. The summed E-state index contributed by atoms with van der Waals surface area (Å²) in [6.07, 6.45) is 0. The molecule has 0 saturated heterocycles. The first kappa shape index (κ1) is 18.5. The number of aromatic nitrogens is 1. The van der Waals surface area contributed by atoms with Crippen LogP contribution in [0.5, 0.6) is 0 Å². The molecule has 3 N–H and O–H groups in total. The molecule has 0 aliphatic carbocycles. The van der Waals surface area contributed by atoms with Crippen molar-refractivity contribution in [3.63, 3.8) is 0 Å². The average molecular weight is 282 g/mol.